The van der Waals surface area contributed by atoms with E-state index >= 15 is 0 Å². The maximum Gasteiger partial charge on any atom is 0.305 e. The van der Waals surface area contributed by atoms with Gasteiger partial charge in [0.1, 0.15) is 5.75 Å². The first-order valence-corrected chi connectivity index (χ1v) is 33.7. The topological polar surface area (TPSA) is 424 Å². The number of hydrogen-bond donors (Lipinski definition) is 15. The molecule has 25 nitrogen and oxygen atoms in total. The van der Waals surface area contributed by atoms with Crippen molar-refractivity contribution < 1.29 is 58.2 Å². The molecule has 0 bridgehead atoms. The number of nitrogens with two attached hydrogens (primary N) is 4. The van der Waals surface area contributed by atoms with Crippen molar-refractivity contribution in [3.05, 3.63) is 29.8 Å². The van der Waals surface area contributed by atoms with E-state index in [9.17, 15) is 58.2 Å². The number of carboxylic acids is 1. The van der Waals surface area contributed by atoms with Gasteiger partial charge in [-0.05, 0) is 118 Å². The summed E-state index contributed by atoms with van der Waals surface area (Å²) in [5.74, 6) is -5.13. The van der Waals surface area contributed by atoms with Gasteiger partial charge in [-0.2, -0.15) is 0 Å². The van der Waals surface area contributed by atoms with Crippen molar-refractivity contribution in [1.82, 2.24) is 47.9 Å². The molecule has 0 aliphatic rings. The molecule has 92 heavy (non-hydrogen) atoms. The van der Waals surface area contributed by atoms with Crippen molar-refractivity contribution in [2.75, 3.05) is 19.6 Å². The van der Waals surface area contributed by atoms with Crippen LogP contribution in [0.3, 0.4) is 0 Å². The number of carboxylic acid groups (broad SMARTS) is 1. The van der Waals surface area contributed by atoms with Crippen LogP contribution in [0.5, 0.6) is 5.75 Å². The van der Waals surface area contributed by atoms with Crippen molar-refractivity contribution in [2.45, 2.75) is 272 Å². The third kappa shape index (κ3) is 37.9. The molecule has 0 saturated carbocycles. The lowest BCUT2D eigenvalue weighted by molar-refractivity contribution is -0.138. The van der Waals surface area contributed by atoms with Crippen LogP contribution in [0.2, 0.25) is 0 Å². The van der Waals surface area contributed by atoms with Gasteiger partial charge in [0.25, 0.3) is 0 Å². The number of benzene rings is 1. The Labute approximate surface area is 548 Å². The third-order valence-electron chi connectivity index (χ3n) is 16.6. The van der Waals surface area contributed by atoms with Crippen LogP contribution in [0.25, 0.3) is 0 Å². The van der Waals surface area contributed by atoms with Crippen molar-refractivity contribution >= 4 is 59.1 Å². The van der Waals surface area contributed by atoms with E-state index in [1.165, 1.54) is 0 Å². The lowest BCUT2D eigenvalue weighted by Crippen LogP contribution is -2.49. The summed E-state index contributed by atoms with van der Waals surface area (Å²) in [6, 6.07) is 0.938. The van der Waals surface area contributed by atoms with E-state index < -0.39 is 66.4 Å². The van der Waals surface area contributed by atoms with E-state index in [1.807, 2.05) is 83.1 Å². The summed E-state index contributed by atoms with van der Waals surface area (Å²) in [6.07, 6.45) is 4.89. The normalized spacial score (nSPS) is 14.9. The number of aliphatic carboxylic acids is 1. The average Bonchev–Trinajstić information content (AvgIpc) is 1.14. The highest BCUT2D eigenvalue weighted by atomic mass is 16.4. The van der Waals surface area contributed by atoms with Gasteiger partial charge in [-0.25, -0.2) is 0 Å². The molecule has 0 radical (unpaired) electrons. The quantitative estimate of drug-likeness (QED) is 0.0411. The minimum Gasteiger partial charge on any atom is -0.508 e. The third-order valence-corrected chi connectivity index (χ3v) is 16.6. The number of hydrogen-bond acceptors (Lipinski definition) is 15. The highest BCUT2D eigenvalue weighted by Gasteiger charge is 2.31. The molecular weight excluding hydrogens is 1180 g/mol. The summed E-state index contributed by atoms with van der Waals surface area (Å²) < 4.78 is 0. The second kappa shape index (κ2) is 45.8. The first-order chi connectivity index (χ1) is 43.2. The molecule has 0 spiro atoms. The molecule has 0 saturated heterocycles. The molecule has 0 aliphatic carbocycles. The molecule has 0 aliphatic heterocycles. The van der Waals surface area contributed by atoms with Gasteiger partial charge >= 0.3 is 5.97 Å². The summed E-state index contributed by atoms with van der Waals surface area (Å²) in [5.41, 5.74) is 24.4. The molecule has 1 aromatic carbocycles. The van der Waals surface area contributed by atoms with Gasteiger partial charge in [-0.3, -0.25) is 47.9 Å². The first kappa shape index (κ1) is 83.6. The summed E-state index contributed by atoms with van der Waals surface area (Å²) in [5, 5.41) is 45.7. The van der Waals surface area contributed by atoms with E-state index in [2.05, 4.69) is 47.9 Å². The maximum absolute atomic E-state index is 13.8. The monoisotopic (exact) mass is 1300 g/mol. The maximum atomic E-state index is 13.8. The smallest absolute Gasteiger partial charge is 0.305 e. The van der Waals surface area contributed by atoms with Crippen LogP contribution in [-0.4, -0.2) is 149 Å². The Bertz CT molecular complexity index is 2390. The molecule has 1 aromatic rings. The number of phenolic OH excluding ortho intramolecular Hbond substituents is 1. The van der Waals surface area contributed by atoms with Crippen LogP contribution in [0, 0.1) is 35.5 Å². The highest BCUT2D eigenvalue weighted by molar-refractivity contribution is 5.85. The molecule has 526 valence electrons. The number of carbonyl (C=O) groups is 10. The van der Waals surface area contributed by atoms with Crippen molar-refractivity contribution in [3.63, 3.8) is 0 Å². The fraction of sp³-hybridized carbons (Fsp3) is 0.761. The standard InChI is InChI=1S/C67H121N13O12/c1-40(2)52(78-64(88)37-55(43(7)8)75-58(82)30-47(71)29-46-22-24-51(81)25-23-46)34-61(85)72-48(19-13-16-26-68)31-59(83)76-56(44(9)10)38-65(89)79-53(41(3)4)35-62(86)73-49(20-14-17-27-69)32-60(84)77-57(45(11)12)39-66(90)80-54(42(5)6)36-63(87)74-50(33-67(91)92)21-15-18-28-70/h22-25,40-45,47-50,52-57,81H,13-21,26-39,68-71H2,1-12H3,(H,72,85)(H,73,86)(H,74,87)(H,75,82)(H,76,83)(H,77,84)(H,78,88)(H,79,89)(H,80,90)(H,91,92)/t47-,48-,49-,50-,52-,53-,54-,55-,56-,57-/m0/s1. The molecular formula is C67H121N13O12. The minimum absolute atomic E-state index is 0.0242. The van der Waals surface area contributed by atoms with Gasteiger partial charge in [-0.15, -0.1) is 0 Å². The number of carbonyl (C=O) groups excluding carboxylic acids is 9. The Morgan fingerprint density at radius 2 is 0.565 bits per heavy atom. The van der Waals surface area contributed by atoms with E-state index in [0.29, 0.717) is 83.8 Å². The van der Waals surface area contributed by atoms with Crippen LogP contribution >= 0.6 is 0 Å². The summed E-state index contributed by atoms with van der Waals surface area (Å²) in [4.78, 5) is 134. The second-order valence-electron chi connectivity index (χ2n) is 27.2. The van der Waals surface area contributed by atoms with Gasteiger partial charge in [0.15, 0.2) is 0 Å². The molecule has 9 amide bonds. The molecule has 19 N–H and O–H groups in total. The Hall–Kier alpha value is -6.44. The van der Waals surface area contributed by atoms with Crippen LogP contribution in [0.4, 0.5) is 0 Å². The van der Waals surface area contributed by atoms with E-state index in [0.717, 1.165) is 5.56 Å². The molecule has 1 rings (SSSR count). The van der Waals surface area contributed by atoms with Crippen LogP contribution in [0.15, 0.2) is 24.3 Å². The van der Waals surface area contributed by atoms with Crippen molar-refractivity contribution in [3.8, 4) is 5.75 Å². The van der Waals surface area contributed by atoms with Gasteiger partial charge in [0.05, 0.1) is 6.42 Å². The molecule has 10 atom stereocenters. The highest BCUT2D eigenvalue weighted by Crippen LogP contribution is 2.18. The van der Waals surface area contributed by atoms with E-state index in [4.69, 9.17) is 22.9 Å². The Morgan fingerprint density at radius 3 is 0.804 bits per heavy atom. The van der Waals surface area contributed by atoms with Gasteiger partial charge in [0, 0.05) is 118 Å². The lowest BCUT2D eigenvalue weighted by atomic mass is 9.96. The fourth-order valence-corrected chi connectivity index (χ4v) is 10.6. The Morgan fingerprint density at radius 1 is 0.337 bits per heavy atom. The van der Waals surface area contributed by atoms with Crippen LogP contribution in [-0.2, 0) is 54.4 Å². The molecule has 0 fully saturated rings. The molecule has 0 heterocycles. The number of nitrogens with one attached hydrogen (secondary N) is 9. The first-order valence-electron chi connectivity index (χ1n) is 33.7. The zero-order valence-corrected chi connectivity index (χ0v) is 57.6. The molecule has 0 unspecified atom stereocenters. The summed E-state index contributed by atoms with van der Waals surface area (Å²) in [7, 11) is 0. The van der Waals surface area contributed by atoms with Gasteiger partial charge in [-0.1, -0.05) is 114 Å². The van der Waals surface area contributed by atoms with E-state index in [-0.39, 0.29) is 159 Å². The molecule has 0 aromatic heterocycles. The zero-order valence-electron chi connectivity index (χ0n) is 57.6. The predicted octanol–water partition coefficient (Wildman–Crippen LogP) is 3.93. The average molecular weight is 1300 g/mol. The Balaban J connectivity index is 3.01. The van der Waals surface area contributed by atoms with Gasteiger partial charge < -0.3 is 81.0 Å². The number of aromatic hydroxyl groups is 1. The SMILES string of the molecule is CC(C)[C@H](CC(=O)N[C@@H](CCCCN)CC(=O)N[C@@H](CC(=O)N[C@@H](CC(=O)N[C@@H](CCCCN)CC(=O)N[C@@H](CC(=O)N[C@@H](CC(=O)N[C@@H](CCCCN)CC(=O)O)C(C)C)C(C)C)C(C)C)C(C)C)NC(=O)C[C@H](NC(=O)C[C@@H](N)Cc1ccc(O)cc1)C(C)C. The Kier molecular flexibility index (Phi) is 41.6. The predicted molar refractivity (Wildman–Crippen MR) is 359 cm³/mol. The number of amides is 9. The summed E-state index contributed by atoms with van der Waals surface area (Å²) >= 11 is 0. The molecule has 25 heteroatoms. The number of unbranched alkanes of at least 4 members (excludes halogenated alkanes) is 3. The minimum atomic E-state index is -1.03. The zero-order chi connectivity index (χ0) is 69.6. The van der Waals surface area contributed by atoms with Gasteiger partial charge in [0.2, 0.25) is 53.2 Å². The van der Waals surface area contributed by atoms with Crippen molar-refractivity contribution in [2.24, 2.45) is 58.4 Å². The number of phenols is 1. The van der Waals surface area contributed by atoms with Crippen LogP contribution in [0.1, 0.15) is 211 Å². The van der Waals surface area contributed by atoms with Crippen LogP contribution < -0.4 is 70.8 Å². The van der Waals surface area contributed by atoms with E-state index in [1.54, 1.807) is 24.3 Å². The largest absolute Gasteiger partial charge is 0.508 e. The van der Waals surface area contributed by atoms with Crippen molar-refractivity contribution in [1.29, 1.82) is 0 Å². The lowest BCUT2D eigenvalue weighted by Gasteiger charge is -2.28. The fourth-order valence-electron chi connectivity index (χ4n) is 10.6. The summed E-state index contributed by atoms with van der Waals surface area (Å²) in [6.45, 7) is 23.8. The second-order valence-corrected chi connectivity index (χ2v) is 27.2. The number of rotatable bonds is 49.